The first-order valence-corrected chi connectivity index (χ1v) is 6.73. The second-order valence-corrected chi connectivity index (χ2v) is 5.26. The van der Waals surface area contributed by atoms with Gasteiger partial charge >= 0.3 is 0 Å². The Morgan fingerprint density at radius 3 is 2.78 bits per heavy atom. The van der Waals surface area contributed by atoms with E-state index in [1.54, 1.807) is 0 Å². The molecule has 5 nitrogen and oxygen atoms in total. The second kappa shape index (κ2) is 6.39. The minimum Gasteiger partial charge on any atom is -0.409 e. The van der Waals surface area contributed by atoms with E-state index in [4.69, 9.17) is 10.9 Å². The largest absolute Gasteiger partial charge is 0.409 e. The van der Waals surface area contributed by atoms with Crippen LogP contribution in [0.5, 0.6) is 0 Å². The van der Waals surface area contributed by atoms with Crippen molar-refractivity contribution in [1.82, 2.24) is 5.32 Å². The highest BCUT2D eigenvalue weighted by atomic mass is 32.1. The van der Waals surface area contributed by atoms with E-state index in [9.17, 15) is 4.79 Å². The smallest absolute Gasteiger partial charge is 0.262 e. The van der Waals surface area contributed by atoms with Gasteiger partial charge in [0.05, 0.1) is 10.9 Å². The van der Waals surface area contributed by atoms with Crippen LogP contribution in [-0.4, -0.2) is 23.0 Å². The highest BCUT2D eigenvalue weighted by Crippen LogP contribution is 2.17. The molecule has 6 heteroatoms. The SMILES string of the molecule is CCc1ccsc1C(=O)NC(C(N)=NO)C(C)C. The van der Waals surface area contributed by atoms with Crippen LogP contribution in [0.2, 0.25) is 0 Å². The lowest BCUT2D eigenvalue weighted by molar-refractivity contribution is 0.0942. The van der Waals surface area contributed by atoms with Gasteiger partial charge in [-0.1, -0.05) is 25.9 Å². The lowest BCUT2D eigenvalue weighted by atomic mass is 10.0. The molecule has 1 aromatic heterocycles. The van der Waals surface area contributed by atoms with E-state index in [-0.39, 0.29) is 17.7 Å². The van der Waals surface area contributed by atoms with E-state index in [1.165, 1.54) is 11.3 Å². The Morgan fingerprint density at radius 1 is 1.61 bits per heavy atom. The van der Waals surface area contributed by atoms with Crippen molar-refractivity contribution in [3.8, 4) is 0 Å². The van der Waals surface area contributed by atoms with Crippen molar-refractivity contribution in [1.29, 1.82) is 0 Å². The number of rotatable bonds is 5. The Balaban J connectivity index is 2.86. The van der Waals surface area contributed by atoms with Crippen LogP contribution in [0.3, 0.4) is 0 Å². The number of oxime groups is 1. The molecule has 0 bridgehead atoms. The molecule has 0 saturated carbocycles. The zero-order valence-electron chi connectivity index (χ0n) is 10.8. The van der Waals surface area contributed by atoms with Gasteiger partial charge in [0, 0.05) is 0 Å². The third-order valence-corrected chi connectivity index (χ3v) is 3.68. The van der Waals surface area contributed by atoms with Crippen LogP contribution in [0, 0.1) is 5.92 Å². The maximum Gasteiger partial charge on any atom is 0.262 e. The number of hydrogen-bond donors (Lipinski definition) is 3. The zero-order valence-corrected chi connectivity index (χ0v) is 11.6. The summed E-state index contributed by atoms with van der Waals surface area (Å²) in [7, 11) is 0. The van der Waals surface area contributed by atoms with Crippen molar-refractivity contribution < 1.29 is 10.0 Å². The Morgan fingerprint density at radius 2 is 2.28 bits per heavy atom. The van der Waals surface area contributed by atoms with E-state index in [1.807, 2.05) is 32.2 Å². The van der Waals surface area contributed by atoms with E-state index in [0.29, 0.717) is 4.88 Å². The molecule has 18 heavy (non-hydrogen) atoms. The third-order valence-electron chi connectivity index (χ3n) is 2.72. The summed E-state index contributed by atoms with van der Waals surface area (Å²) in [4.78, 5) is 12.8. The van der Waals surface area contributed by atoms with Gasteiger partial charge in [0.25, 0.3) is 5.91 Å². The summed E-state index contributed by atoms with van der Waals surface area (Å²) in [5, 5.41) is 16.4. The molecule has 1 atom stereocenters. The summed E-state index contributed by atoms with van der Waals surface area (Å²) >= 11 is 1.40. The maximum absolute atomic E-state index is 12.1. The molecule has 1 aromatic rings. The summed E-state index contributed by atoms with van der Waals surface area (Å²) in [5.74, 6) is -0.102. The second-order valence-electron chi connectivity index (χ2n) is 4.35. The highest BCUT2D eigenvalue weighted by molar-refractivity contribution is 7.12. The molecule has 1 amide bonds. The van der Waals surface area contributed by atoms with Gasteiger partial charge in [-0.2, -0.15) is 0 Å². The maximum atomic E-state index is 12.1. The topological polar surface area (TPSA) is 87.7 Å². The van der Waals surface area contributed by atoms with Crippen LogP contribution in [0.4, 0.5) is 0 Å². The van der Waals surface area contributed by atoms with Gasteiger partial charge in [0.1, 0.15) is 0 Å². The number of amides is 1. The first-order valence-electron chi connectivity index (χ1n) is 5.85. The first kappa shape index (κ1) is 14.5. The predicted octanol–water partition coefficient (Wildman–Crippen LogP) is 1.81. The summed E-state index contributed by atoms with van der Waals surface area (Å²) in [6, 6.07) is 1.47. The van der Waals surface area contributed by atoms with Crippen LogP contribution >= 0.6 is 11.3 Å². The molecule has 1 rings (SSSR count). The number of carbonyl (C=O) groups is 1. The average Bonchev–Trinajstić information content (AvgIpc) is 2.82. The van der Waals surface area contributed by atoms with Crippen molar-refractivity contribution in [2.45, 2.75) is 33.2 Å². The Bertz CT molecular complexity index is 440. The number of nitrogens with two attached hydrogens (primary N) is 1. The summed E-state index contributed by atoms with van der Waals surface area (Å²) in [5.41, 5.74) is 6.59. The Labute approximate surface area is 111 Å². The summed E-state index contributed by atoms with van der Waals surface area (Å²) < 4.78 is 0. The van der Waals surface area contributed by atoms with Crippen molar-refractivity contribution in [3.05, 3.63) is 21.9 Å². The van der Waals surface area contributed by atoms with Crippen LogP contribution in [0.15, 0.2) is 16.6 Å². The van der Waals surface area contributed by atoms with Crippen LogP contribution in [0.1, 0.15) is 36.0 Å². The molecule has 0 aliphatic carbocycles. The monoisotopic (exact) mass is 269 g/mol. The van der Waals surface area contributed by atoms with Gasteiger partial charge in [-0.3, -0.25) is 4.79 Å². The molecule has 4 N–H and O–H groups in total. The minimum atomic E-state index is -0.464. The van der Waals surface area contributed by atoms with Gasteiger partial charge in [0.2, 0.25) is 0 Å². The fourth-order valence-corrected chi connectivity index (χ4v) is 2.56. The minimum absolute atomic E-state index is 0.0213. The van der Waals surface area contributed by atoms with Gasteiger partial charge in [-0.15, -0.1) is 11.3 Å². The van der Waals surface area contributed by atoms with Crippen molar-refractivity contribution >= 4 is 23.1 Å². The number of hydrogen-bond acceptors (Lipinski definition) is 4. The number of amidine groups is 1. The average molecular weight is 269 g/mol. The van der Waals surface area contributed by atoms with Gasteiger partial charge in [-0.05, 0) is 29.3 Å². The number of aryl methyl sites for hydroxylation is 1. The molecule has 0 radical (unpaired) electrons. The molecule has 100 valence electrons. The number of nitrogens with one attached hydrogen (secondary N) is 1. The first-order chi connectivity index (χ1) is 8.51. The third kappa shape index (κ3) is 3.22. The highest BCUT2D eigenvalue weighted by Gasteiger charge is 2.22. The lowest BCUT2D eigenvalue weighted by Crippen LogP contribution is -2.47. The van der Waals surface area contributed by atoms with Crippen molar-refractivity contribution in [2.75, 3.05) is 0 Å². The molecule has 1 unspecified atom stereocenters. The van der Waals surface area contributed by atoms with Crippen molar-refractivity contribution in [2.24, 2.45) is 16.8 Å². The van der Waals surface area contributed by atoms with Crippen molar-refractivity contribution in [3.63, 3.8) is 0 Å². The van der Waals surface area contributed by atoms with Crippen LogP contribution < -0.4 is 11.1 Å². The van der Waals surface area contributed by atoms with E-state index in [0.717, 1.165) is 12.0 Å². The van der Waals surface area contributed by atoms with Crippen LogP contribution in [0.25, 0.3) is 0 Å². The number of thiophene rings is 1. The molecule has 0 saturated heterocycles. The van der Waals surface area contributed by atoms with Gasteiger partial charge in [-0.25, -0.2) is 0 Å². The molecule has 1 heterocycles. The standard InChI is InChI=1S/C12H19N3O2S/c1-4-8-5-6-18-10(8)12(16)14-9(7(2)3)11(13)15-17/h5-7,9,17H,4H2,1-3H3,(H2,13,15)(H,14,16). The number of nitrogens with zero attached hydrogens (tertiary/aromatic N) is 1. The quantitative estimate of drug-likeness (QED) is 0.330. The van der Waals surface area contributed by atoms with Gasteiger partial charge < -0.3 is 16.3 Å². The number of carbonyl (C=O) groups excluding carboxylic acids is 1. The van der Waals surface area contributed by atoms with Gasteiger partial charge in [0.15, 0.2) is 5.84 Å². The molecule has 0 aromatic carbocycles. The lowest BCUT2D eigenvalue weighted by Gasteiger charge is -2.20. The zero-order chi connectivity index (χ0) is 13.7. The Hall–Kier alpha value is -1.56. The predicted molar refractivity (Wildman–Crippen MR) is 73.2 cm³/mol. The molecule has 0 aliphatic rings. The molecular weight excluding hydrogens is 250 g/mol. The van der Waals surface area contributed by atoms with Crippen LogP contribution in [-0.2, 0) is 6.42 Å². The summed E-state index contributed by atoms with van der Waals surface area (Å²) in [6.45, 7) is 5.80. The normalized spacial score (nSPS) is 13.7. The fourth-order valence-electron chi connectivity index (χ4n) is 1.66. The molecule has 0 aliphatic heterocycles. The fraction of sp³-hybridized carbons (Fsp3) is 0.500. The molecule has 0 spiro atoms. The van der Waals surface area contributed by atoms with E-state index >= 15 is 0 Å². The molecular formula is C12H19N3O2S. The van der Waals surface area contributed by atoms with E-state index < -0.39 is 6.04 Å². The Kier molecular flexibility index (Phi) is 5.15. The summed E-state index contributed by atoms with van der Waals surface area (Å²) in [6.07, 6.45) is 0.808. The van der Waals surface area contributed by atoms with E-state index in [2.05, 4.69) is 10.5 Å². The molecule has 0 fully saturated rings.